The average molecular weight is 340 g/mol. The van der Waals surface area contributed by atoms with E-state index in [9.17, 15) is 4.79 Å². The molecule has 1 atom stereocenters. The topological polar surface area (TPSA) is 64.3 Å². The van der Waals surface area contributed by atoms with Gasteiger partial charge in [0.15, 0.2) is 0 Å². The maximum absolute atomic E-state index is 12.0. The maximum atomic E-state index is 12.0. The number of para-hydroxylation sites is 1. The van der Waals surface area contributed by atoms with Crippen molar-refractivity contribution < 1.29 is 9.53 Å². The second-order valence-corrected chi connectivity index (χ2v) is 7.34. The van der Waals surface area contributed by atoms with Crippen LogP contribution >= 0.6 is 0 Å². The Kier molecular flexibility index (Phi) is 6.45. The molecule has 0 radical (unpaired) electrons. The summed E-state index contributed by atoms with van der Waals surface area (Å²) in [5.74, 6) is 0.236. The zero-order chi connectivity index (χ0) is 18.3. The summed E-state index contributed by atoms with van der Waals surface area (Å²) < 4.78 is 5.34. The van der Waals surface area contributed by atoms with Gasteiger partial charge in [-0.3, -0.25) is 0 Å². The van der Waals surface area contributed by atoms with E-state index in [-0.39, 0.29) is 12.0 Å². The Bertz CT molecular complexity index is 678. The van der Waals surface area contributed by atoms with Gasteiger partial charge in [0.05, 0.1) is 0 Å². The fourth-order valence-electron chi connectivity index (χ4n) is 2.74. The van der Waals surface area contributed by atoms with Crippen molar-refractivity contribution in [3.8, 4) is 0 Å². The van der Waals surface area contributed by atoms with Crippen LogP contribution in [0.15, 0.2) is 54.6 Å². The van der Waals surface area contributed by atoms with Crippen LogP contribution in [0.1, 0.15) is 31.9 Å². The molecule has 0 saturated heterocycles. The number of carbonyl (C=O) groups is 1. The lowest BCUT2D eigenvalue weighted by Crippen LogP contribution is -2.36. The van der Waals surface area contributed by atoms with Gasteiger partial charge in [-0.25, -0.2) is 4.79 Å². The van der Waals surface area contributed by atoms with Crippen LogP contribution in [0.25, 0.3) is 0 Å². The molecule has 2 aromatic rings. The highest BCUT2D eigenvalue weighted by Gasteiger charge is 2.18. The first-order valence-electron chi connectivity index (χ1n) is 8.67. The first-order valence-corrected chi connectivity index (χ1v) is 8.67. The number of ether oxygens (including phenoxy) is 1. The highest BCUT2D eigenvalue weighted by molar-refractivity contribution is 5.67. The molecular weight excluding hydrogens is 312 g/mol. The predicted molar refractivity (Wildman–Crippen MR) is 102 cm³/mol. The van der Waals surface area contributed by atoms with Crippen molar-refractivity contribution in [3.05, 3.63) is 65.7 Å². The minimum atomic E-state index is -0.497. The van der Waals surface area contributed by atoms with Crippen molar-refractivity contribution in [1.29, 1.82) is 0 Å². The van der Waals surface area contributed by atoms with Gasteiger partial charge in [-0.1, -0.05) is 48.5 Å². The van der Waals surface area contributed by atoms with Crippen LogP contribution in [0.5, 0.6) is 0 Å². The van der Waals surface area contributed by atoms with Crippen molar-refractivity contribution in [1.82, 2.24) is 5.32 Å². The molecule has 1 unspecified atom stereocenters. The smallest absolute Gasteiger partial charge is 0.407 e. The van der Waals surface area contributed by atoms with Crippen molar-refractivity contribution in [3.63, 3.8) is 0 Å². The molecule has 0 saturated carbocycles. The van der Waals surface area contributed by atoms with Gasteiger partial charge in [-0.15, -0.1) is 0 Å². The number of anilines is 1. The Labute approximate surface area is 150 Å². The van der Waals surface area contributed by atoms with E-state index < -0.39 is 5.60 Å². The average Bonchev–Trinajstić information content (AvgIpc) is 2.54. The quantitative estimate of drug-likeness (QED) is 0.775. The highest BCUT2D eigenvalue weighted by Crippen LogP contribution is 2.19. The molecule has 2 aromatic carbocycles. The molecule has 3 N–H and O–H groups in total. The van der Waals surface area contributed by atoms with Crippen LogP contribution in [0.4, 0.5) is 10.5 Å². The Balaban J connectivity index is 2.04. The summed E-state index contributed by atoms with van der Waals surface area (Å²) >= 11 is 0. The normalized spacial score (nSPS) is 12.4. The third-order valence-corrected chi connectivity index (χ3v) is 3.86. The molecule has 0 spiro atoms. The monoisotopic (exact) mass is 340 g/mol. The van der Waals surface area contributed by atoms with Crippen LogP contribution in [-0.4, -0.2) is 18.2 Å². The molecule has 25 heavy (non-hydrogen) atoms. The number of hydrogen-bond acceptors (Lipinski definition) is 3. The summed E-state index contributed by atoms with van der Waals surface area (Å²) in [6, 6.07) is 18.2. The molecule has 0 aliphatic rings. The lowest BCUT2D eigenvalue weighted by Gasteiger charge is -2.22. The van der Waals surface area contributed by atoms with E-state index in [0.717, 1.165) is 24.1 Å². The van der Waals surface area contributed by atoms with Gasteiger partial charge in [0.1, 0.15) is 5.60 Å². The van der Waals surface area contributed by atoms with Gasteiger partial charge in [-0.2, -0.15) is 0 Å². The number of nitrogen functional groups attached to an aromatic ring is 1. The third kappa shape index (κ3) is 6.87. The van der Waals surface area contributed by atoms with Gasteiger partial charge in [0.2, 0.25) is 0 Å². The molecule has 4 heteroatoms. The fourth-order valence-corrected chi connectivity index (χ4v) is 2.74. The van der Waals surface area contributed by atoms with E-state index in [1.165, 1.54) is 5.56 Å². The summed E-state index contributed by atoms with van der Waals surface area (Å²) in [6.45, 7) is 6.12. The molecule has 4 nitrogen and oxygen atoms in total. The van der Waals surface area contributed by atoms with E-state index in [1.807, 2.05) is 63.2 Å². The Morgan fingerprint density at radius 2 is 1.68 bits per heavy atom. The Hall–Kier alpha value is -2.49. The molecule has 134 valence electrons. The molecule has 0 aromatic heterocycles. The number of nitrogens with one attached hydrogen (secondary N) is 1. The zero-order valence-corrected chi connectivity index (χ0v) is 15.3. The number of benzene rings is 2. The standard InChI is InChI=1S/C21H28N2O2/c1-21(2,3)25-20(24)23-15-17(13-16-9-5-4-6-10-16)14-18-11-7-8-12-19(18)22/h4-12,17H,13-15,22H2,1-3H3,(H,23,24). The number of hydrogen-bond donors (Lipinski definition) is 2. The summed E-state index contributed by atoms with van der Waals surface area (Å²) in [7, 11) is 0. The fraction of sp³-hybridized carbons (Fsp3) is 0.381. The number of alkyl carbamates (subject to hydrolysis) is 1. The maximum Gasteiger partial charge on any atom is 0.407 e. The van der Waals surface area contributed by atoms with Crippen molar-refractivity contribution in [2.45, 2.75) is 39.2 Å². The summed E-state index contributed by atoms with van der Waals surface area (Å²) in [6.07, 6.45) is 1.29. The number of carbonyl (C=O) groups excluding carboxylic acids is 1. The van der Waals surface area contributed by atoms with Crippen LogP contribution < -0.4 is 11.1 Å². The molecule has 0 aliphatic heterocycles. The van der Waals surface area contributed by atoms with Gasteiger partial charge in [0, 0.05) is 12.2 Å². The predicted octanol–water partition coefficient (Wildman–Crippen LogP) is 4.19. The van der Waals surface area contributed by atoms with E-state index in [4.69, 9.17) is 10.5 Å². The minimum absolute atomic E-state index is 0.236. The number of amides is 1. The SMILES string of the molecule is CC(C)(C)OC(=O)NCC(Cc1ccccc1)Cc1ccccc1N. The second-order valence-electron chi connectivity index (χ2n) is 7.34. The molecule has 0 fully saturated rings. The zero-order valence-electron chi connectivity index (χ0n) is 15.3. The van der Waals surface area contributed by atoms with Crippen molar-refractivity contribution in [2.75, 3.05) is 12.3 Å². The molecular formula is C21H28N2O2. The van der Waals surface area contributed by atoms with E-state index in [2.05, 4.69) is 17.4 Å². The lowest BCUT2D eigenvalue weighted by atomic mass is 9.92. The summed E-state index contributed by atoms with van der Waals surface area (Å²) in [5, 5.41) is 2.90. The van der Waals surface area contributed by atoms with E-state index in [0.29, 0.717) is 6.54 Å². The number of rotatable bonds is 6. The number of nitrogens with two attached hydrogens (primary N) is 1. The molecule has 1 amide bonds. The third-order valence-electron chi connectivity index (χ3n) is 3.86. The first-order chi connectivity index (χ1) is 11.8. The van der Waals surface area contributed by atoms with Crippen LogP contribution in [0, 0.1) is 5.92 Å². The van der Waals surface area contributed by atoms with Crippen molar-refractivity contribution in [2.24, 2.45) is 5.92 Å². The Morgan fingerprint density at radius 3 is 2.32 bits per heavy atom. The van der Waals surface area contributed by atoms with Crippen LogP contribution in [0.2, 0.25) is 0 Å². The van der Waals surface area contributed by atoms with Crippen LogP contribution in [0.3, 0.4) is 0 Å². The van der Waals surface area contributed by atoms with Crippen LogP contribution in [-0.2, 0) is 17.6 Å². The van der Waals surface area contributed by atoms with E-state index in [1.54, 1.807) is 0 Å². The highest BCUT2D eigenvalue weighted by atomic mass is 16.6. The molecule has 0 heterocycles. The van der Waals surface area contributed by atoms with Crippen molar-refractivity contribution >= 4 is 11.8 Å². The molecule has 2 rings (SSSR count). The molecule has 0 aliphatic carbocycles. The largest absolute Gasteiger partial charge is 0.444 e. The second kappa shape index (κ2) is 8.56. The summed E-state index contributed by atoms with van der Waals surface area (Å²) in [4.78, 5) is 12.0. The van der Waals surface area contributed by atoms with E-state index >= 15 is 0 Å². The van der Waals surface area contributed by atoms with Gasteiger partial charge in [0.25, 0.3) is 0 Å². The van der Waals surface area contributed by atoms with Gasteiger partial charge < -0.3 is 15.8 Å². The first kappa shape index (κ1) is 18.8. The summed E-state index contributed by atoms with van der Waals surface area (Å²) in [5.41, 5.74) is 8.73. The minimum Gasteiger partial charge on any atom is -0.444 e. The lowest BCUT2D eigenvalue weighted by molar-refractivity contribution is 0.0519. The van der Waals surface area contributed by atoms with Gasteiger partial charge in [-0.05, 0) is 56.7 Å². The van der Waals surface area contributed by atoms with Gasteiger partial charge >= 0.3 is 6.09 Å². The molecule has 0 bridgehead atoms. The Morgan fingerprint density at radius 1 is 1.04 bits per heavy atom.